The van der Waals surface area contributed by atoms with Crippen LogP contribution in [0.1, 0.15) is 5.56 Å². The first-order valence-electron chi connectivity index (χ1n) is 5.85. The van der Waals surface area contributed by atoms with Gasteiger partial charge >= 0.3 is 0 Å². The quantitative estimate of drug-likeness (QED) is 0.343. The Balaban J connectivity index is 1.86. The minimum Gasteiger partial charge on any atom is -0.341 e. The summed E-state index contributed by atoms with van der Waals surface area (Å²) in [5.74, 6) is 0.464. The zero-order chi connectivity index (χ0) is 14.8. The number of fused-ring (bicyclic) bond motifs is 1. The van der Waals surface area contributed by atoms with Gasteiger partial charge in [0, 0.05) is 22.9 Å². The topological polar surface area (TPSA) is 97.6 Å². The van der Waals surface area contributed by atoms with E-state index in [1.54, 1.807) is 6.33 Å². The van der Waals surface area contributed by atoms with E-state index in [4.69, 9.17) is 11.6 Å². The Hall–Kier alpha value is -2.19. The van der Waals surface area contributed by atoms with Gasteiger partial charge in [0.1, 0.15) is 16.9 Å². The minimum atomic E-state index is -0.442. The number of H-pyrrole nitrogens is 1. The van der Waals surface area contributed by atoms with E-state index in [2.05, 4.69) is 19.9 Å². The number of hydrogen-bond donors (Lipinski definition) is 1. The molecule has 1 aromatic carbocycles. The highest BCUT2D eigenvalue weighted by atomic mass is 35.5. The minimum absolute atomic E-state index is 0.0179. The fourth-order valence-corrected chi connectivity index (χ4v) is 2.99. The average molecular weight is 322 g/mol. The van der Waals surface area contributed by atoms with Gasteiger partial charge < -0.3 is 4.98 Å². The molecular weight excluding hydrogens is 314 g/mol. The molecule has 7 nitrogen and oxygen atoms in total. The normalized spacial score (nSPS) is 10.9. The predicted molar refractivity (Wildman–Crippen MR) is 79.4 cm³/mol. The van der Waals surface area contributed by atoms with Crippen LogP contribution in [0.4, 0.5) is 5.69 Å². The van der Waals surface area contributed by atoms with Crippen molar-refractivity contribution >= 4 is 40.2 Å². The van der Waals surface area contributed by atoms with Gasteiger partial charge in [0.25, 0.3) is 5.69 Å². The van der Waals surface area contributed by atoms with Crippen molar-refractivity contribution in [3.05, 3.63) is 51.6 Å². The molecule has 0 bridgehead atoms. The molecule has 0 aliphatic heterocycles. The molecule has 106 valence electrons. The molecule has 0 amide bonds. The van der Waals surface area contributed by atoms with E-state index in [0.29, 0.717) is 22.0 Å². The van der Waals surface area contributed by atoms with Crippen LogP contribution in [0.5, 0.6) is 0 Å². The highest BCUT2D eigenvalue weighted by Crippen LogP contribution is 2.30. The maximum atomic E-state index is 10.8. The second-order valence-electron chi connectivity index (χ2n) is 4.10. The van der Waals surface area contributed by atoms with Gasteiger partial charge in [0.05, 0.1) is 11.3 Å². The zero-order valence-corrected chi connectivity index (χ0v) is 12.1. The lowest BCUT2D eigenvalue weighted by Gasteiger charge is -2.04. The highest BCUT2D eigenvalue weighted by molar-refractivity contribution is 7.98. The molecular formula is C12H8ClN5O2S. The lowest BCUT2D eigenvalue weighted by molar-refractivity contribution is -0.384. The van der Waals surface area contributed by atoms with E-state index in [1.807, 2.05) is 0 Å². The third kappa shape index (κ3) is 2.81. The maximum Gasteiger partial charge on any atom is 0.269 e. The first-order valence-corrected chi connectivity index (χ1v) is 7.21. The molecule has 0 aliphatic rings. The van der Waals surface area contributed by atoms with Gasteiger partial charge in [-0.1, -0.05) is 23.4 Å². The van der Waals surface area contributed by atoms with E-state index in [-0.39, 0.29) is 5.69 Å². The van der Waals surface area contributed by atoms with Crippen molar-refractivity contribution in [2.24, 2.45) is 0 Å². The maximum absolute atomic E-state index is 10.8. The summed E-state index contributed by atoms with van der Waals surface area (Å²) in [6.45, 7) is 0. The fourth-order valence-electron chi connectivity index (χ4n) is 1.78. The van der Waals surface area contributed by atoms with Crippen molar-refractivity contribution in [1.29, 1.82) is 0 Å². The van der Waals surface area contributed by atoms with Gasteiger partial charge in [-0.2, -0.15) is 0 Å². The summed E-state index contributed by atoms with van der Waals surface area (Å²) in [6.07, 6.45) is 2.98. The van der Waals surface area contributed by atoms with Gasteiger partial charge in [0.2, 0.25) is 0 Å². The summed E-state index contributed by atoms with van der Waals surface area (Å²) < 4.78 is 0. The van der Waals surface area contributed by atoms with Crippen LogP contribution in [-0.2, 0) is 5.75 Å². The molecule has 2 heterocycles. The van der Waals surface area contributed by atoms with Gasteiger partial charge in [-0.25, -0.2) is 15.0 Å². The van der Waals surface area contributed by atoms with Crippen LogP contribution >= 0.6 is 23.4 Å². The lowest BCUT2D eigenvalue weighted by atomic mass is 10.2. The third-order valence-electron chi connectivity index (χ3n) is 2.79. The number of nitro benzene ring substituents is 1. The second kappa shape index (κ2) is 5.66. The summed E-state index contributed by atoms with van der Waals surface area (Å²) in [4.78, 5) is 25.6. The van der Waals surface area contributed by atoms with Crippen LogP contribution < -0.4 is 0 Å². The first-order chi connectivity index (χ1) is 10.1. The average Bonchev–Trinajstić information content (AvgIpc) is 2.95. The molecule has 0 spiro atoms. The number of hydrogen-bond acceptors (Lipinski definition) is 6. The van der Waals surface area contributed by atoms with Crippen molar-refractivity contribution in [3.8, 4) is 0 Å². The van der Waals surface area contributed by atoms with Crippen LogP contribution in [0.15, 0.2) is 35.9 Å². The molecule has 0 aliphatic carbocycles. The number of nitrogens with one attached hydrogen (secondary N) is 1. The van der Waals surface area contributed by atoms with E-state index in [1.165, 1.54) is 36.3 Å². The number of rotatable bonds is 4. The van der Waals surface area contributed by atoms with E-state index < -0.39 is 4.92 Å². The Bertz CT molecular complexity index is 822. The largest absolute Gasteiger partial charge is 0.341 e. The molecule has 21 heavy (non-hydrogen) atoms. The molecule has 0 saturated heterocycles. The van der Waals surface area contributed by atoms with Crippen LogP contribution in [0.25, 0.3) is 11.2 Å². The smallest absolute Gasteiger partial charge is 0.269 e. The second-order valence-corrected chi connectivity index (χ2v) is 5.47. The molecule has 1 N–H and O–H groups in total. The Kier molecular flexibility index (Phi) is 3.72. The van der Waals surface area contributed by atoms with Gasteiger partial charge in [-0.05, 0) is 11.6 Å². The highest BCUT2D eigenvalue weighted by Gasteiger charge is 2.12. The van der Waals surface area contributed by atoms with Crippen LogP contribution in [0.2, 0.25) is 5.02 Å². The number of nitro groups is 1. The standard InChI is InChI=1S/C12H8ClN5O2S/c13-9-2-1-8(18(19)20)3-7(9)4-21-12-10-11(15-5-14-10)16-6-17-12/h1-3,5-6H,4H2,(H,14,15,16,17). The number of halogens is 1. The summed E-state index contributed by atoms with van der Waals surface area (Å²) in [5, 5.41) is 12.0. The van der Waals surface area contributed by atoms with E-state index >= 15 is 0 Å². The molecule has 0 saturated carbocycles. The SMILES string of the molecule is O=[N+]([O-])c1ccc(Cl)c(CSc2ncnc3nc[nH]c23)c1. The third-order valence-corrected chi connectivity index (χ3v) is 4.20. The summed E-state index contributed by atoms with van der Waals surface area (Å²) >= 11 is 7.49. The summed E-state index contributed by atoms with van der Waals surface area (Å²) in [6, 6.07) is 4.39. The molecule has 0 radical (unpaired) electrons. The number of benzene rings is 1. The Morgan fingerprint density at radius 1 is 1.33 bits per heavy atom. The number of non-ortho nitro benzene ring substituents is 1. The summed E-state index contributed by atoms with van der Waals surface area (Å²) in [5.41, 5.74) is 2.02. The number of thioether (sulfide) groups is 1. The van der Waals surface area contributed by atoms with E-state index in [9.17, 15) is 10.1 Å². The van der Waals surface area contributed by atoms with Crippen molar-refractivity contribution < 1.29 is 4.92 Å². The predicted octanol–water partition coefficient (Wildman–Crippen LogP) is 3.21. The molecule has 0 unspecified atom stereocenters. The zero-order valence-electron chi connectivity index (χ0n) is 10.5. The molecule has 2 aromatic heterocycles. The first kappa shape index (κ1) is 13.8. The Labute approximate surface area is 127 Å². The van der Waals surface area contributed by atoms with Gasteiger partial charge in [-0.3, -0.25) is 10.1 Å². The molecule has 3 rings (SSSR count). The van der Waals surface area contributed by atoms with Crippen LogP contribution in [0, 0.1) is 10.1 Å². The van der Waals surface area contributed by atoms with Gasteiger partial charge in [0.15, 0.2) is 5.65 Å². The fraction of sp³-hybridized carbons (Fsp3) is 0.0833. The number of aromatic nitrogens is 4. The Morgan fingerprint density at radius 3 is 3.00 bits per heavy atom. The van der Waals surface area contributed by atoms with Crippen molar-refractivity contribution in [3.63, 3.8) is 0 Å². The monoisotopic (exact) mass is 321 g/mol. The number of imidazole rings is 1. The Morgan fingerprint density at radius 2 is 2.19 bits per heavy atom. The van der Waals surface area contributed by atoms with Crippen molar-refractivity contribution in [2.45, 2.75) is 10.8 Å². The lowest BCUT2D eigenvalue weighted by Crippen LogP contribution is -1.92. The van der Waals surface area contributed by atoms with Crippen molar-refractivity contribution in [1.82, 2.24) is 19.9 Å². The molecule has 3 aromatic rings. The van der Waals surface area contributed by atoms with Crippen molar-refractivity contribution in [2.75, 3.05) is 0 Å². The van der Waals surface area contributed by atoms with Crippen LogP contribution in [-0.4, -0.2) is 24.9 Å². The van der Waals surface area contributed by atoms with Gasteiger partial charge in [-0.15, -0.1) is 0 Å². The number of nitrogens with zero attached hydrogens (tertiary/aromatic N) is 4. The molecule has 0 atom stereocenters. The number of aromatic amines is 1. The van der Waals surface area contributed by atoms with Crippen LogP contribution in [0.3, 0.4) is 0 Å². The molecule has 9 heteroatoms. The molecule has 0 fully saturated rings. The summed E-state index contributed by atoms with van der Waals surface area (Å²) in [7, 11) is 0. The van der Waals surface area contributed by atoms with E-state index in [0.717, 1.165) is 10.5 Å².